The minimum absolute atomic E-state index is 0.582. The molecule has 2 aliphatic heterocycles. The molecule has 0 aromatic rings. The molecule has 0 amide bonds. The Kier molecular flexibility index (Phi) is 1.46. The van der Waals surface area contributed by atoms with Gasteiger partial charge in [0.15, 0.2) is 0 Å². The molecule has 0 radical (unpaired) electrons. The number of hydrogen-bond donors (Lipinski definition) is 1. The molecular weight excluding hydrogens is 124 g/mol. The van der Waals surface area contributed by atoms with Crippen LogP contribution < -0.4 is 5.32 Å². The van der Waals surface area contributed by atoms with Crippen LogP contribution in [-0.4, -0.2) is 37.1 Å². The molecule has 2 aliphatic rings. The first kappa shape index (κ1) is 6.62. The van der Waals surface area contributed by atoms with Gasteiger partial charge in [0.2, 0.25) is 0 Å². The maximum Gasteiger partial charge on any atom is 0.0455 e. The topological polar surface area (TPSA) is 15.3 Å². The van der Waals surface area contributed by atoms with Crippen molar-refractivity contribution in [3.8, 4) is 0 Å². The summed E-state index contributed by atoms with van der Waals surface area (Å²) < 4.78 is 0. The number of piperidine rings is 1. The lowest BCUT2D eigenvalue weighted by Gasteiger charge is -2.52. The number of likely N-dealkylation sites (N-methyl/N-ethyl adjacent to an activating group) is 1. The summed E-state index contributed by atoms with van der Waals surface area (Å²) in [6.07, 6.45) is 4.25. The predicted octanol–water partition coefficient (Wildman–Crippen LogP) is 0.444. The molecule has 58 valence electrons. The van der Waals surface area contributed by atoms with Crippen molar-refractivity contribution in [2.45, 2.75) is 24.8 Å². The summed E-state index contributed by atoms with van der Waals surface area (Å²) in [4.78, 5) is 2.53. The average Bonchev–Trinajstić information content (AvgIpc) is 1.85. The molecule has 1 spiro atoms. The second-order valence-electron chi connectivity index (χ2n) is 3.71. The lowest BCUT2D eigenvalue weighted by molar-refractivity contribution is 0.0255. The molecule has 2 rings (SSSR count). The van der Waals surface area contributed by atoms with Crippen molar-refractivity contribution in [3.63, 3.8) is 0 Å². The number of nitrogens with zero attached hydrogens (tertiary/aromatic N) is 1. The van der Waals surface area contributed by atoms with E-state index in [9.17, 15) is 0 Å². The molecule has 2 heterocycles. The molecule has 0 aromatic carbocycles. The monoisotopic (exact) mass is 140 g/mol. The van der Waals surface area contributed by atoms with Gasteiger partial charge in [0, 0.05) is 18.6 Å². The van der Waals surface area contributed by atoms with Crippen molar-refractivity contribution in [2.75, 3.05) is 26.7 Å². The first-order chi connectivity index (χ1) is 4.83. The fraction of sp³-hybridized carbons (Fsp3) is 1.00. The Hall–Kier alpha value is -0.0800. The highest BCUT2D eigenvalue weighted by Crippen LogP contribution is 2.29. The van der Waals surface area contributed by atoms with E-state index in [4.69, 9.17) is 0 Å². The van der Waals surface area contributed by atoms with Crippen LogP contribution in [0.2, 0.25) is 0 Å². The van der Waals surface area contributed by atoms with E-state index < -0.39 is 0 Å². The standard InChI is InChI=1S/C8H16N2/c1-10-5-3-2-4-8(10)6-9-7-8/h9H,2-7H2,1H3. The molecule has 0 aromatic heterocycles. The fourth-order valence-corrected chi connectivity index (χ4v) is 2.09. The second kappa shape index (κ2) is 2.21. The van der Waals surface area contributed by atoms with Crippen LogP contribution in [0.25, 0.3) is 0 Å². The van der Waals surface area contributed by atoms with Crippen molar-refractivity contribution in [1.29, 1.82) is 0 Å². The predicted molar refractivity (Wildman–Crippen MR) is 42.1 cm³/mol. The van der Waals surface area contributed by atoms with E-state index >= 15 is 0 Å². The Labute approximate surface area is 62.6 Å². The van der Waals surface area contributed by atoms with E-state index in [0.717, 1.165) is 0 Å². The van der Waals surface area contributed by atoms with E-state index in [1.807, 2.05) is 0 Å². The Bertz CT molecular complexity index is 129. The van der Waals surface area contributed by atoms with E-state index in [2.05, 4.69) is 17.3 Å². The zero-order valence-electron chi connectivity index (χ0n) is 6.69. The molecule has 0 bridgehead atoms. The SMILES string of the molecule is CN1CCCCC12CNC2. The van der Waals surface area contributed by atoms with Gasteiger partial charge in [0.25, 0.3) is 0 Å². The summed E-state index contributed by atoms with van der Waals surface area (Å²) in [6.45, 7) is 3.76. The maximum atomic E-state index is 3.36. The fourth-order valence-electron chi connectivity index (χ4n) is 2.09. The summed E-state index contributed by atoms with van der Waals surface area (Å²) in [5.41, 5.74) is 0.582. The summed E-state index contributed by atoms with van der Waals surface area (Å²) >= 11 is 0. The van der Waals surface area contributed by atoms with Gasteiger partial charge in [0.05, 0.1) is 0 Å². The Morgan fingerprint density at radius 3 is 2.50 bits per heavy atom. The number of rotatable bonds is 0. The van der Waals surface area contributed by atoms with Crippen molar-refractivity contribution < 1.29 is 0 Å². The molecule has 2 nitrogen and oxygen atoms in total. The molecule has 2 heteroatoms. The highest BCUT2D eigenvalue weighted by atomic mass is 15.3. The van der Waals surface area contributed by atoms with Crippen molar-refractivity contribution >= 4 is 0 Å². The van der Waals surface area contributed by atoms with Crippen LogP contribution in [0.5, 0.6) is 0 Å². The van der Waals surface area contributed by atoms with Gasteiger partial charge >= 0.3 is 0 Å². The summed E-state index contributed by atoms with van der Waals surface area (Å²) in [5.74, 6) is 0. The van der Waals surface area contributed by atoms with Gasteiger partial charge in [-0.15, -0.1) is 0 Å². The van der Waals surface area contributed by atoms with Gasteiger partial charge in [-0.2, -0.15) is 0 Å². The van der Waals surface area contributed by atoms with E-state index in [1.165, 1.54) is 38.9 Å². The third-order valence-electron chi connectivity index (χ3n) is 3.10. The lowest BCUT2D eigenvalue weighted by Crippen LogP contribution is -2.69. The van der Waals surface area contributed by atoms with Crippen molar-refractivity contribution in [3.05, 3.63) is 0 Å². The first-order valence-electron chi connectivity index (χ1n) is 4.25. The Morgan fingerprint density at radius 2 is 2.10 bits per heavy atom. The molecular formula is C8H16N2. The minimum Gasteiger partial charge on any atom is -0.313 e. The van der Waals surface area contributed by atoms with Crippen LogP contribution >= 0.6 is 0 Å². The normalized spacial score (nSPS) is 32.1. The van der Waals surface area contributed by atoms with Crippen LogP contribution in [0.15, 0.2) is 0 Å². The maximum absolute atomic E-state index is 3.36. The zero-order chi connectivity index (χ0) is 7.03. The van der Waals surface area contributed by atoms with Crippen LogP contribution in [0.3, 0.4) is 0 Å². The zero-order valence-corrected chi connectivity index (χ0v) is 6.69. The number of hydrogen-bond acceptors (Lipinski definition) is 2. The van der Waals surface area contributed by atoms with E-state index in [0.29, 0.717) is 5.54 Å². The quantitative estimate of drug-likeness (QED) is 0.525. The molecule has 0 aliphatic carbocycles. The van der Waals surface area contributed by atoms with Crippen LogP contribution in [0, 0.1) is 0 Å². The summed E-state index contributed by atoms with van der Waals surface area (Å²) in [6, 6.07) is 0. The third kappa shape index (κ3) is 0.789. The van der Waals surface area contributed by atoms with Crippen LogP contribution in [0.4, 0.5) is 0 Å². The summed E-state index contributed by atoms with van der Waals surface area (Å²) in [5, 5.41) is 3.36. The Morgan fingerprint density at radius 1 is 1.30 bits per heavy atom. The van der Waals surface area contributed by atoms with Gasteiger partial charge in [-0.1, -0.05) is 6.42 Å². The molecule has 0 unspecified atom stereocenters. The van der Waals surface area contributed by atoms with Gasteiger partial charge < -0.3 is 5.32 Å². The van der Waals surface area contributed by atoms with Gasteiger partial charge in [0.1, 0.15) is 0 Å². The van der Waals surface area contributed by atoms with Gasteiger partial charge in [-0.05, 0) is 26.4 Å². The van der Waals surface area contributed by atoms with Crippen LogP contribution in [0.1, 0.15) is 19.3 Å². The van der Waals surface area contributed by atoms with E-state index in [1.54, 1.807) is 0 Å². The molecule has 2 saturated heterocycles. The largest absolute Gasteiger partial charge is 0.313 e. The number of likely N-dealkylation sites (tertiary alicyclic amines) is 1. The smallest absolute Gasteiger partial charge is 0.0455 e. The van der Waals surface area contributed by atoms with Crippen molar-refractivity contribution in [1.82, 2.24) is 10.2 Å². The molecule has 0 saturated carbocycles. The molecule has 2 fully saturated rings. The highest BCUT2D eigenvalue weighted by Gasteiger charge is 2.41. The van der Waals surface area contributed by atoms with Crippen LogP contribution in [-0.2, 0) is 0 Å². The molecule has 10 heavy (non-hydrogen) atoms. The second-order valence-corrected chi connectivity index (χ2v) is 3.71. The average molecular weight is 140 g/mol. The van der Waals surface area contributed by atoms with Crippen molar-refractivity contribution in [2.24, 2.45) is 0 Å². The van der Waals surface area contributed by atoms with Gasteiger partial charge in [-0.25, -0.2) is 0 Å². The lowest BCUT2D eigenvalue weighted by atomic mass is 9.82. The van der Waals surface area contributed by atoms with E-state index in [-0.39, 0.29) is 0 Å². The third-order valence-corrected chi connectivity index (χ3v) is 3.10. The minimum atomic E-state index is 0.582. The first-order valence-corrected chi connectivity index (χ1v) is 4.25. The Balaban J connectivity index is 2.03. The number of nitrogens with one attached hydrogen (secondary N) is 1. The highest BCUT2D eigenvalue weighted by molar-refractivity contribution is 5.02. The molecule has 1 N–H and O–H groups in total. The summed E-state index contributed by atoms with van der Waals surface area (Å²) in [7, 11) is 2.26. The molecule has 0 atom stereocenters. The van der Waals surface area contributed by atoms with Gasteiger partial charge in [-0.3, -0.25) is 4.90 Å².